The van der Waals surface area contributed by atoms with Crippen LogP contribution in [-0.2, 0) is 0 Å². The second-order valence-electron chi connectivity index (χ2n) is 3.92. The SMILES string of the molecule is Brc1cccc(Nc2nc3nonc3n3nnnc23)c1. The van der Waals surface area contributed by atoms with Crippen molar-refractivity contribution < 1.29 is 4.63 Å². The van der Waals surface area contributed by atoms with Crippen LogP contribution in [0.1, 0.15) is 0 Å². The smallest absolute Gasteiger partial charge is 0.248 e. The third-order valence-corrected chi connectivity index (χ3v) is 3.13. The molecule has 1 N–H and O–H groups in total. The molecule has 0 aliphatic heterocycles. The lowest BCUT2D eigenvalue weighted by atomic mass is 10.3. The van der Waals surface area contributed by atoms with Gasteiger partial charge in [0.2, 0.25) is 16.9 Å². The van der Waals surface area contributed by atoms with Crippen LogP contribution in [0.3, 0.4) is 0 Å². The molecule has 1 aromatic carbocycles. The van der Waals surface area contributed by atoms with E-state index in [4.69, 9.17) is 0 Å². The van der Waals surface area contributed by atoms with E-state index in [-0.39, 0.29) is 0 Å². The second kappa shape index (κ2) is 4.20. The number of benzene rings is 1. The Hall–Kier alpha value is -2.62. The zero-order chi connectivity index (χ0) is 13.5. The Morgan fingerprint density at radius 3 is 3.05 bits per heavy atom. The van der Waals surface area contributed by atoms with Crippen molar-refractivity contribution in [2.24, 2.45) is 0 Å². The molecular formula is C10H5BrN8O. The molecule has 0 amide bonds. The Kier molecular flexibility index (Phi) is 2.36. The number of rotatable bonds is 2. The van der Waals surface area contributed by atoms with E-state index in [1.807, 2.05) is 24.3 Å². The Balaban J connectivity index is 1.91. The number of anilines is 2. The van der Waals surface area contributed by atoms with Crippen LogP contribution in [0.15, 0.2) is 33.4 Å². The van der Waals surface area contributed by atoms with E-state index in [1.165, 1.54) is 4.52 Å². The summed E-state index contributed by atoms with van der Waals surface area (Å²) in [5.41, 5.74) is 1.97. The Bertz CT molecular complexity index is 916. The van der Waals surface area contributed by atoms with Crippen molar-refractivity contribution in [3.05, 3.63) is 28.7 Å². The fourth-order valence-corrected chi connectivity index (χ4v) is 2.20. The first-order valence-electron chi connectivity index (χ1n) is 5.54. The summed E-state index contributed by atoms with van der Waals surface area (Å²) in [4.78, 5) is 4.30. The highest BCUT2D eigenvalue weighted by atomic mass is 79.9. The maximum atomic E-state index is 4.65. The average Bonchev–Trinajstić information content (AvgIpc) is 3.06. The lowest BCUT2D eigenvalue weighted by Crippen LogP contribution is -2.00. The van der Waals surface area contributed by atoms with Gasteiger partial charge in [0.05, 0.1) is 0 Å². The summed E-state index contributed by atoms with van der Waals surface area (Å²) in [6.07, 6.45) is 0. The highest BCUT2D eigenvalue weighted by Crippen LogP contribution is 2.22. The van der Waals surface area contributed by atoms with Crippen molar-refractivity contribution in [3.63, 3.8) is 0 Å². The molecule has 0 unspecified atom stereocenters. The third kappa shape index (κ3) is 1.69. The number of aromatic nitrogens is 7. The molecule has 4 rings (SSSR count). The number of tetrazole rings is 1. The molecule has 0 radical (unpaired) electrons. The number of fused-ring (bicyclic) bond motifs is 3. The van der Waals surface area contributed by atoms with Crippen molar-refractivity contribution >= 4 is 44.4 Å². The van der Waals surface area contributed by atoms with Crippen LogP contribution in [0, 0.1) is 0 Å². The van der Waals surface area contributed by atoms with Crippen molar-refractivity contribution in [1.29, 1.82) is 0 Å². The molecule has 0 aliphatic carbocycles. The minimum absolute atomic E-state index is 0.322. The molecule has 4 aromatic rings. The molecule has 20 heavy (non-hydrogen) atoms. The molecule has 0 atom stereocenters. The predicted molar refractivity (Wildman–Crippen MR) is 71.4 cm³/mol. The molecule has 10 heteroatoms. The Labute approximate surface area is 119 Å². The number of hydrogen-bond donors (Lipinski definition) is 1. The first-order chi connectivity index (χ1) is 9.81. The predicted octanol–water partition coefficient (Wildman–Crippen LogP) is 1.56. The normalized spacial score (nSPS) is 11.2. The van der Waals surface area contributed by atoms with Crippen LogP contribution in [0.4, 0.5) is 11.5 Å². The molecule has 0 aliphatic rings. The van der Waals surface area contributed by atoms with E-state index >= 15 is 0 Å². The van der Waals surface area contributed by atoms with Crippen LogP contribution >= 0.6 is 15.9 Å². The molecule has 0 saturated carbocycles. The van der Waals surface area contributed by atoms with Crippen LogP contribution in [0.25, 0.3) is 16.9 Å². The van der Waals surface area contributed by atoms with Gasteiger partial charge in [-0.05, 0) is 38.9 Å². The van der Waals surface area contributed by atoms with Gasteiger partial charge in [-0.25, -0.2) is 9.61 Å². The summed E-state index contributed by atoms with van der Waals surface area (Å²) in [7, 11) is 0. The highest BCUT2D eigenvalue weighted by molar-refractivity contribution is 9.10. The zero-order valence-electron chi connectivity index (χ0n) is 9.73. The van der Waals surface area contributed by atoms with Gasteiger partial charge >= 0.3 is 0 Å². The van der Waals surface area contributed by atoms with Gasteiger partial charge in [-0.2, -0.15) is 4.52 Å². The van der Waals surface area contributed by atoms with Gasteiger partial charge in [0, 0.05) is 10.2 Å². The van der Waals surface area contributed by atoms with E-state index in [2.05, 4.69) is 56.7 Å². The van der Waals surface area contributed by atoms with E-state index in [1.54, 1.807) is 0 Å². The molecule has 3 heterocycles. The summed E-state index contributed by atoms with van der Waals surface area (Å²) in [5.74, 6) is 0.469. The first-order valence-corrected chi connectivity index (χ1v) is 6.33. The topological polar surface area (TPSA) is 107 Å². The van der Waals surface area contributed by atoms with Crippen molar-refractivity contribution in [1.82, 2.24) is 35.3 Å². The summed E-state index contributed by atoms with van der Waals surface area (Å²) in [6, 6.07) is 7.64. The molecule has 0 spiro atoms. The molecule has 98 valence electrons. The minimum atomic E-state index is 0.322. The van der Waals surface area contributed by atoms with Gasteiger partial charge in [0.1, 0.15) is 0 Å². The van der Waals surface area contributed by atoms with Gasteiger partial charge in [0.25, 0.3) is 0 Å². The maximum absolute atomic E-state index is 4.65. The van der Waals surface area contributed by atoms with Crippen LogP contribution in [-0.4, -0.2) is 35.3 Å². The van der Waals surface area contributed by atoms with Crippen LogP contribution < -0.4 is 5.32 Å². The zero-order valence-corrected chi connectivity index (χ0v) is 11.3. The Morgan fingerprint density at radius 1 is 1.20 bits per heavy atom. The average molecular weight is 333 g/mol. The van der Waals surface area contributed by atoms with Crippen LogP contribution in [0.2, 0.25) is 0 Å². The summed E-state index contributed by atoms with van der Waals surface area (Å²) in [6.45, 7) is 0. The van der Waals surface area contributed by atoms with Crippen molar-refractivity contribution in [2.75, 3.05) is 5.32 Å². The van der Waals surface area contributed by atoms with Gasteiger partial charge in [0.15, 0.2) is 5.82 Å². The van der Waals surface area contributed by atoms with Gasteiger partial charge in [-0.3, -0.25) is 0 Å². The largest absolute Gasteiger partial charge is 0.337 e. The molecule has 0 fully saturated rings. The maximum Gasteiger partial charge on any atom is 0.248 e. The fourth-order valence-electron chi connectivity index (χ4n) is 1.80. The fraction of sp³-hybridized carbons (Fsp3) is 0. The summed E-state index contributed by atoms with van der Waals surface area (Å²) < 4.78 is 7.01. The van der Waals surface area contributed by atoms with Gasteiger partial charge < -0.3 is 5.32 Å². The number of hydrogen-bond acceptors (Lipinski definition) is 8. The second-order valence-corrected chi connectivity index (χ2v) is 4.84. The quantitative estimate of drug-likeness (QED) is 0.589. The van der Waals surface area contributed by atoms with Crippen molar-refractivity contribution in [2.45, 2.75) is 0 Å². The summed E-state index contributed by atoms with van der Waals surface area (Å²) in [5, 5.41) is 21.9. The van der Waals surface area contributed by atoms with Gasteiger partial charge in [-0.15, -0.1) is 5.10 Å². The van der Waals surface area contributed by atoms with E-state index in [9.17, 15) is 0 Å². The van der Waals surface area contributed by atoms with Crippen LogP contribution in [0.5, 0.6) is 0 Å². The lowest BCUT2D eigenvalue weighted by molar-refractivity contribution is 0.313. The number of halogens is 1. The summed E-state index contributed by atoms with van der Waals surface area (Å²) >= 11 is 3.41. The standard InChI is InChI=1S/C10H5BrN8O/c11-5-2-1-3-6(4-5)12-7-9-14-17-18-19(9)10-8(13-7)15-20-16-10/h1-4H,(H,12,13,15). The van der Waals surface area contributed by atoms with E-state index in [0.717, 1.165) is 10.2 Å². The monoisotopic (exact) mass is 332 g/mol. The molecule has 9 nitrogen and oxygen atoms in total. The number of nitrogens with one attached hydrogen (secondary N) is 1. The molecule has 0 saturated heterocycles. The first kappa shape index (κ1) is 11.2. The van der Waals surface area contributed by atoms with E-state index < -0.39 is 0 Å². The lowest BCUT2D eigenvalue weighted by Gasteiger charge is -2.05. The molecule has 3 aromatic heterocycles. The highest BCUT2D eigenvalue weighted by Gasteiger charge is 2.15. The number of nitrogens with zero attached hydrogens (tertiary/aromatic N) is 7. The Morgan fingerprint density at radius 2 is 2.15 bits per heavy atom. The van der Waals surface area contributed by atoms with Crippen molar-refractivity contribution in [3.8, 4) is 0 Å². The van der Waals surface area contributed by atoms with E-state index in [0.29, 0.717) is 22.8 Å². The molecular weight excluding hydrogens is 328 g/mol. The third-order valence-electron chi connectivity index (χ3n) is 2.64. The molecule has 0 bridgehead atoms. The van der Waals surface area contributed by atoms with Gasteiger partial charge in [-0.1, -0.05) is 22.0 Å². The minimum Gasteiger partial charge on any atom is -0.337 e.